The molecule has 1 aromatic rings. The van der Waals surface area contributed by atoms with Gasteiger partial charge in [-0.05, 0) is 26.0 Å². The lowest BCUT2D eigenvalue weighted by Crippen LogP contribution is -2.39. The Balaban J connectivity index is 2.22. The van der Waals surface area contributed by atoms with Crippen molar-refractivity contribution in [2.45, 2.75) is 36.6 Å². The summed E-state index contributed by atoms with van der Waals surface area (Å²) in [7, 11) is 0. The van der Waals surface area contributed by atoms with E-state index in [1.807, 2.05) is 6.92 Å². The van der Waals surface area contributed by atoms with Crippen LogP contribution in [0.3, 0.4) is 0 Å². The Morgan fingerprint density at radius 1 is 1.32 bits per heavy atom. The molecule has 8 heteroatoms. The molecule has 4 nitrogen and oxygen atoms in total. The van der Waals surface area contributed by atoms with E-state index in [9.17, 15) is 13.2 Å². The van der Waals surface area contributed by atoms with Gasteiger partial charge in [0.25, 0.3) is 0 Å². The molecule has 0 spiro atoms. The Hall–Kier alpha value is -1.18. The fourth-order valence-electron chi connectivity index (χ4n) is 1.70. The van der Waals surface area contributed by atoms with Gasteiger partial charge in [-0.1, -0.05) is 11.8 Å². The van der Waals surface area contributed by atoms with E-state index >= 15 is 0 Å². The standard InChI is InChI=1S/C11H15F3N4S/c1-3-15-7-6-8(17-9(16-7)19-2)18-10(4-5-10)11(12,13)14/h6H,3-5H2,1-2H3,(H2,15,16,17,18). The number of rotatable bonds is 5. The monoisotopic (exact) mass is 292 g/mol. The fraction of sp³-hybridized carbons (Fsp3) is 0.636. The van der Waals surface area contributed by atoms with Crippen LogP contribution < -0.4 is 10.6 Å². The SMILES string of the molecule is CCNc1cc(NC2(C(F)(F)F)CC2)nc(SC)n1. The Bertz CT molecular complexity index is 460. The summed E-state index contributed by atoms with van der Waals surface area (Å²) < 4.78 is 38.7. The zero-order valence-corrected chi connectivity index (χ0v) is 11.5. The molecule has 0 aromatic carbocycles. The Morgan fingerprint density at radius 3 is 2.42 bits per heavy atom. The van der Waals surface area contributed by atoms with Gasteiger partial charge >= 0.3 is 6.18 Å². The van der Waals surface area contributed by atoms with Crippen molar-refractivity contribution in [3.63, 3.8) is 0 Å². The zero-order valence-electron chi connectivity index (χ0n) is 10.6. The highest BCUT2D eigenvalue weighted by atomic mass is 32.2. The molecule has 1 saturated carbocycles. The van der Waals surface area contributed by atoms with Gasteiger partial charge in [0, 0.05) is 12.6 Å². The second-order valence-electron chi connectivity index (χ2n) is 4.36. The molecule has 0 unspecified atom stereocenters. The summed E-state index contributed by atoms with van der Waals surface area (Å²) in [5.74, 6) is 0.743. The Morgan fingerprint density at radius 2 is 1.95 bits per heavy atom. The van der Waals surface area contributed by atoms with Crippen molar-refractivity contribution in [1.29, 1.82) is 0 Å². The highest BCUT2D eigenvalue weighted by molar-refractivity contribution is 7.98. The number of anilines is 2. The van der Waals surface area contributed by atoms with Gasteiger partial charge in [-0.2, -0.15) is 13.2 Å². The van der Waals surface area contributed by atoms with E-state index in [1.54, 1.807) is 6.26 Å². The number of nitrogens with zero attached hydrogens (tertiary/aromatic N) is 2. The van der Waals surface area contributed by atoms with Crippen molar-refractivity contribution in [2.75, 3.05) is 23.4 Å². The lowest BCUT2D eigenvalue weighted by molar-refractivity contribution is -0.151. The molecule has 0 radical (unpaired) electrons. The highest BCUT2D eigenvalue weighted by Gasteiger charge is 2.63. The smallest absolute Gasteiger partial charge is 0.370 e. The number of hydrogen-bond acceptors (Lipinski definition) is 5. The number of nitrogens with one attached hydrogen (secondary N) is 2. The quantitative estimate of drug-likeness (QED) is 0.645. The van der Waals surface area contributed by atoms with E-state index in [4.69, 9.17) is 0 Å². The summed E-state index contributed by atoms with van der Waals surface area (Å²) >= 11 is 1.29. The van der Waals surface area contributed by atoms with Gasteiger partial charge < -0.3 is 10.6 Å². The second kappa shape index (κ2) is 5.07. The first-order valence-electron chi connectivity index (χ1n) is 5.92. The van der Waals surface area contributed by atoms with Gasteiger partial charge in [-0.3, -0.25) is 0 Å². The molecular weight excluding hydrogens is 277 g/mol. The van der Waals surface area contributed by atoms with E-state index in [-0.39, 0.29) is 18.7 Å². The van der Waals surface area contributed by atoms with Crippen LogP contribution in [0.2, 0.25) is 0 Å². The van der Waals surface area contributed by atoms with Gasteiger partial charge in [-0.15, -0.1) is 0 Å². The van der Waals surface area contributed by atoms with Gasteiger partial charge in [0.1, 0.15) is 17.2 Å². The van der Waals surface area contributed by atoms with Crippen LogP contribution in [0.15, 0.2) is 11.2 Å². The average molecular weight is 292 g/mol. The van der Waals surface area contributed by atoms with E-state index in [0.717, 1.165) is 0 Å². The minimum atomic E-state index is -4.25. The molecule has 0 aliphatic heterocycles. The van der Waals surface area contributed by atoms with Crippen LogP contribution in [0.1, 0.15) is 19.8 Å². The number of aromatic nitrogens is 2. The van der Waals surface area contributed by atoms with Gasteiger partial charge in [-0.25, -0.2) is 9.97 Å². The van der Waals surface area contributed by atoms with Crippen LogP contribution in [-0.4, -0.2) is 34.5 Å². The molecule has 2 N–H and O–H groups in total. The zero-order chi connectivity index (χ0) is 14.1. The fourth-order valence-corrected chi connectivity index (χ4v) is 2.08. The normalized spacial score (nSPS) is 17.1. The van der Waals surface area contributed by atoms with E-state index in [2.05, 4.69) is 20.6 Å². The van der Waals surface area contributed by atoms with Crippen molar-refractivity contribution in [3.8, 4) is 0 Å². The largest absolute Gasteiger partial charge is 0.411 e. The van der Waals surface area contributed by atoms with Crippen LogP contribution in [0.4, 0.5) is 24.8 Å². The third-order valence-electron chi connectivity index (χ3n) is 2.91. The summed E-state index contributed by atoms with van der Waals surface area (Å²) in [6, 6.07) is 1.51. The van der Waals surface area contributed by atoms with Crippen LogP contribution in [0.5, 0.6) is 0 Å². The van der Waals surface area contributed by atoms with Crippen molar-refractivity contribution in [3.05, 3.63) is 6.07 Å². The predicted molar refractivity (Wildman–Crippen MR) is 69.6 cm³/mol. The van der Waals surface area contributed by atoms with Crippen LogP contribution in [0, 0.1) is 0 Å². The minimum Gasteiger partial charge on any atom is -0.370 e. The summed E-state index contributed by atoms with van der Waals surface area (Å²) in [5.41, 5.74) is -1.81. The maximum absolute atomic E-state index is 12.9. The average Bonchev–Trinajstić information content (AvgIpc) is 3.09. The maximum atomic E-state index is 12.9. The molecule has 0 atom stereocenters. The summed E-state index contributed by atoms with van der Waals surface area (Å²) in [6.45, 7) is 2.54. The molecule has 1 aliphatic rings. The number of hydrogen-bond donors (Lipinski definition) is 2. The molecule has 1 aromatic heterocycles. The van der Waals surface area contributed by atoms with E-state index in [1.165, 1.54) is 17.8 Å². The molecule has 1 heterocycles. The summed E-state index contributed by atoms with van der Waals surface area (Å²) in [6.07, 6.45) is -2.29. The Kier molecular flexibility index (Phi) is 3.80. The number of thioether (sulfide) groups is 1. The lowest BCUT2D eigenvalue weighted by atomic mass is 10.2. The maximum Gasteiger partial charge on any atom is 0.411 e. The molecule has 106 valence electrons. The van der Waals surface area contributed by atoms with Crippen molar-refractivity contribution < 1.29 is 13.2 Å². The predicted octanol–water partition coefficient (Wildman–Crippen LogP) is 3.14. The van der Waals surface area contributed by atoms with Gasteiger partial charge in [0.2, 0.25) is 0 Å². The van der Waals surface area contributed by atoms with Crippen molar-refractivity contribution >= 4 is 23.4 Å². The van der Waals surface area contributed by atoms with Crippen molar-refractivity contribution in [2.24, 2.45) is 0 Å². The topological polar surface area (TPSA) is 49.8 Å². The molecule has 2 rings (SSSR count). The summed E-state index contributed by atoms with van der Waals surface area (Å²) in [5, 5.41) is 5.94. The third kappa shape index (κ3) is 3.05. The van der Waals surface area contributed by atoms with Crippen LogP contribution in [0.25, 0.3) is 0 Å². The molecule has 0 amide bonds. The Labute approximate surface area is 113 Å². The molecule has 0 bridgehead atoms. The number of alkyl halides is 3. The van der Waals surface area contributed by atoms with Crippen LogP contribution in [-0.2, 0) is 0 Å². The first-order valence-corrected chi connectivity index (χ1v) is 7.14. The van der Waals surface area contributed by atoms with Gasteiger partial charge in [0.05, 0.1) is 0 Å². The molecule has 0 saturated heterocycles. The first kappa shape index (κ1) is 14.2. The van der Waals surface area contributed by atoms with Gasteiger partial charge in [0.15, 0.2) is 5.16 Å². The molecule has 1 fully saturated rings. The van der Waals surface area contributed by atoms with Crippen LogP contribution >= 0.6 is 11.8 Å². The van der Waals surface area contributed by atoms with Crippen molar-refractivity contribution in [1.82, 2.24) is 9.97 Å². The molecular formula is C11H15F3N4S. The molecule has 1 aliphatic carbocycles. The summed E-state index contributed by atoms with van der Waals surface area (Å²) in [4.78, 5) is 8.25. The number of halogens is 3. The molecule has 19 heavy (non-hydrogen) atoms. The third-order valence-corrected chi connectivity index (χ3v) is 3.45. The minimum absolute atomic E-state index is 0.0889. The van der Waals surface area contributed by atoms with E-state index < -0.39 is 11.7 Å². The lowest BCUT2D eigenvalue weighted by Gasteiger charge is -2.21. The highest BCUT2D eigenvalue weighted by Crippen LogP contribution is 2.51. The first-order chi connectivity index (χ1) is 8.90. The van der Waals surface area contributed by atoms with E-state index in [0.29, 0.717) is 17.5 Å². The second-order valence-corrected chi connectivity index (χ2v) is 5.13.